The second-order valence-electron chi connectivity index (χ2n) is 5.95. The van der Waals surface area contributed by atoms with Crippen LogP contribution >= 0.6 is 0 Å². The van der Waals surface area contributed by atoms with Crippen molar-refractivity contribution in [2.24, 2.45) is 0 Å². The average molecular weight is 296 g/mol. The minimum atomic E-state index is 0.0997. The van der Waals surface area contributed by atoms with Crippen LogP contribution in [0.3, 0.4) is 0 Å². The first-order valence-corrected chi connectivity index (χ1v) is 7.81. The highest BCUT2D eigenvalue weighted by atomic mass is 16.2. The minimum Gasteiger partial charge on any atom is -0.328 e. The third kappa shape index (κ3) is 3.52. The maximum atomic E-state index is 12.4. The Morgan fingerprint density at radius 2 is 2.05 bits per heavy atom. The van der Waals surface area contributed by atoms with Crippen LogP contribution in [0.4, 0.5) is 0 Å². The molecule has 2 heterocycles. The molecule has 4 nitrogen and oxygen atoms in total. The van der Waals surface area contributed by atoms with E-state index in [2.05, 4.69) is 36.2 Å². The lowest BCUT2D eigenvalue weighted by molar-refractivity contribution is -0.917. The van der Waals surface area contributed by atoms with Gasteiger partial charge < -0.3 is 9.80 Å². The molecule has 3 rings (SSSR count). The Bertz CT molecular complexity index is 634. The highest BCUT2D eigenvalue weighted by Crippen LogP contribution is 2.05. The fourth-order valence-electron chi connectivity index (χ4n) is 2.99. The maximum Gasteiger partial charge on any atom is 0.255 e. The predicted molar refractivity (Wildman–Crippen MR) is 85.7 cm³/mol. The second-order valence-corrected chi connectivity index (χ2v) is 5.95. The van der Waals surface area contributed by atoms with Gasteiger partial charge in [0.15, 0.2) is 0 Å². The lowest BCUT2D eigenvalue weighted by Crippen LogP contribution is -3.13. The van der Waals surface area contributed by atoms with E-state index >= 15 is 0 Å². The first-order valence-electron chi connectivity index (χ1n) is 7.81. The molecule has 0 radical (unpaired) electrons. The molecule has 1 fully saturated rings. The van der Waals surface area contributed by atoms with Crippen molar-refractivity contribution < 1.29 is 9.69 Å². The van der Waals surface area contributed by atoms with Crippen LogP contribution < -0.4 is 4.90 Å². The van der Waals surface area contributed by atoms with Crippen LogP contribution in [-0.4, -0.2) is 42.0 Å². The number of carbonyl (C=O) groups excluding carboxylic acids is 1. The van der Waals surface area contributed by atoms with Crippen molar-refractivity contribution in [3.8, 4) is 0 Å². The Morgan fingerprint density at radius 1 is 1.23 bits per heavy atom. The Hall–Kier alpha value is -2.20. The van der Waals surface area contributed by atoms with Crippen LogP contribution in [0.2, 0.25) is 0 Å². The van der Waals surface area contributed by atoms with E-state index in [1.807, 2.05) is 17.0 Å². The molecule has 2 aromatic rings. The van der Waals surface area contributed by atoms with E-state index in [4.69, 9.17) is 0 Å². The summed E-state index contributed by atoms with van der Waals surface area (Å²) in [6, 6.07) is 12.3. The third-order valence-corrected chi connectivity index (χ3v) is 4.20. The molecular formula is C18H22N3O+. The smallest absolute Gasteiger partial charge is 0.255 e. The molecule has 0 atom stereocenters. The molecule has 0 unspecified atom stereocenters. The van der Waals surface area contributed by atoms with Gasteiger partial charge in [0, 0.05) is 18.0 Å². The summed E-state index contributed by atoms with van der Waals surface area (Å²) >= 11 is 0. The number of piperazine rings is 1. The Morgan fingerprint density at radius 3 is 2.73 bits per heavy atom. The Labute approximate surface area is 131 Å². The van der Waals surface area contributed by atoms with Crippen molar-refractivity contribution in [3.05, 3.63) is 65.5 Å². The number of benzene rings is 1. The fraction of sp³-hybridized carbons (Fsp3) is 0.333. The van der Waals surface area contributed by atoms with E-state index in [-0.39, 0.29) is 5.91 Å². The molecule has 1 N–H and O–H groups in total. The number of pyridine rings is 1. The molecule has 0 bridgehead atoms. The summed E-state index contributed by atoms with van der Waals surface area (Å²) in [5.41, 5.74) is 3.37. The number of aromatic nitrogens is 1. The quantitative estimate of drug-likeness (QED) is 0.915. The molecule has 22 heavy (non-hydrogen) atoms. The summed E-state index contributed by atoms with van der Waals surface area (Å²) in [6.45, 7) is 6.80. The summed E-state index contributed by atoms with van der Waals surface area (Å²) in [5, 5.41) is 0. The minimum absolute atomic E-state index is 0.0997. The van der Waals surface area contributed by atoms with E-state index in [1.54, 1.807) is 17.3 Å². The van der Waals surface area contributed by atoms with E-state index in [0.717, 1.165) is 32.7 Å². The first-order chi connectivity index (χ1) is 10.7. The second kappa shape index (κ2) is 6.71. The molecule has 4 heteroatoms. The first kappa shape index (κ1) is 14.7. The lowest BCUT2D eigenvalue weighted by Gasteiger charge is -2.32. The zero-order valence-electron chi connectivity index (χ0n) is 13.0. The van der Waals surface area contributed by atoms with Gasteiger partial charge in [0.25, 0.3) is 5.91 Å². The van der Waals surface area contributed by atoms with Crippen LogP contribution in [0.25, 0.3) is 0 Å². The highest BCUT2D eigenvalue weighted by Gasteiger charge is 2.24. The molecule has 1 aromatic carbocycles. The number of hydrogen-bond donors (Lipinski definition) is 1. The zero-order chi connectivity index (χ0) is 15.4. The number of rotatable bonds is 3. The molecule has 1 amide bonds. The summed E-state index contributed by atoms with van der Waals surface area (Å²) in [6.07, 6.45) is 3.34. The number of aryl methyl sites for hydroxylation is 1. The van der Waals surface area contributed by atoms with E-state index in [9.17, 15) is 4.79 Å². The van der Waals surface area contributed by atoms with Crippen LogP contribution in [0, 0.1) is 6.92 Å². The number of nitrogens with one attached hydrogen (secondary N) is 1. The monoisotopic (exact) mass is 296 g/mol. The van der Waals surface area contributed by atoms with Gasteiger partial charge in [-0.3, -0.25) is 9.78 Å². The van der Waals surface area contributed by atoms with Crippen LogP contribution in [-0.2, 0) is 6.54 Å². The third-order valence-electron chi connectivity index (χ3n) is 4.20. The van der Waals surface area contributed by atoms with Gasteiger partial charge >= 0.3 is 0 Å². The van der Waals surface area contributed by atoms with Crippen molar-refractivity contribution in [1.29, 1.82) is 0 Å². The molecule has 0 saturated carbocycles. The van der Waals surface area contributed by atoms with E-state index in [1.165, 1.54) is 11.1 Å². The molecule has 1 aromatic heterocycles. The van der Waals surface area contributed by atoms with E-state index < -0.39 is 0 Å². The number of carbonyl (C=O) groups is 1. The highest BCUT2D eigenvalue weighted by molar-refractivity contribution is 5.93. The number of nitrogens with zero attached hydrogens (tertiary/aromatic N) is 2. The van der Waals surface area contributed by atoms with Gasteiger partial charge in [0.1, 0.15) is 6.54 Å². The molecule has 0 spiro atoms. The van der Waals surface area contributed by atoms with Crippen molar-refractivity contribution in [2.45, 2.75) is 13.5 Å². The normalized spacial score (nSPS) is 15.8. The van der Waals surface area contributed by atoms with Crippen molar-refractivity contribution >= 4 is 5.91 Å². The van der Waals surface area contributed by atoms with Crippen molar-refractivity contribution in [2.75, 3.05) is 26.2 Å². The molecule has 114 valence electrons. The Kier molecular flexibility index (Phi) is 4.49. The van der Waals surface area contributed by atoms with Gasteiger partial charge in [-0.05, 0) is 19.1 Å². The fourth-order valence-corrected chi connectivity index (χ4v) is 2.99. The lowest BCUT2D eigenvalue weighted by atomic mass is 10.1. The molecular weight excluding hydrogens is 274 g/mol. The SMILES string of the molecule is Cc1cccc(C[NH+]2CCN(C(=O)c3cccnc3)CC2)c1. The summed E-state index contributed by atoms with van der Waals surface area (Å²) < 4.78 is 0. The van der Waals surface area contributed by atoms with Crippen molar-refractivity contribution in [3.63, 3.8) is 0 Å². The van der Waals surface area contributed by atoms with Crippen LogP contribution in [0.15, 0.2) is 48.8 Å². The summed E-state index contributed by atoms with van der Waals surface area (Å²) in [7, 11) is 0. The van der Waals surface area contributed by atoms with Gasteiger partial charge in [0.05, 0.1) is 31.7 Å². The standard InChI is InChI=1S/C18H21N3O/c1-15-4-2-5-16(12-15)14-20-8-10-21(11-9-20)18(22)17-6-3-7-19-13-17/h2-7,12-13H,8-11,14H2,1H3/p+1. The van der Waals surface area contributed by atoms with Gasteiger partial charge in [-0.15, -0.1) is 0 Å². The van der Waals surface area contributed by atoms with Gasteiger partial charge in [-0.2, -0.15) is 0 Å². The zero-order valence-corrected chi connectivity index (χ0v) is 13.0. The summed E-state index contributed by atoms with van der Waals surface area (Å²) in [4.78, 5) is 19.9. The molecule has 1 saturated heterocycles. The number of quaternary nitrogens is 1. The molecule has 1 aliphatic rings. The molecule has 0 aliphatic carbocycles. The average Bonchev–Trinajstić information content (AvgIpc) is 2.56. The van der Waals surface area contributed by atoms with Crippen molar-refractivity contribution in [1.82, 2.24) is 9.88 Å². The van der Waals surface area contributed by atoms with Gasteiger partial charge in [-0.25, -0.2) is 0 Å². The number of amides is 1. The summed E-state index contributed by atoms with van der Waals surface area (Å²) in [5.74, 6) is 0.0997. The maximum absolute atomic E-state index is 12.4. The Balaban J connectivity index is 1.55. The predicted octanol–water partition coefficient (Wildman–Crippen LogP) is 0.931. The molecule has 1 aliphatic heterocycles. The van der Waals surface area contributed by atoms with E-state index in [0.29, 0.717) is 5.56 Å². The van der Waals surface area contributed by atoms with Crippen LogP contribution in [0.1, 0.15) is 21.5 Å². The van der Waals surface area contributed by atoms with Gasteiger partial charge in [0.2, 0.25) is 0 Å². The van der Waals surface area contributed by atoms with Gasteiger partial charge in [-0.1, -0.05) is 29.8 Å². The van der Waals surface area contributed by atoms with Crippen LogP contribution in [0.5, 0.6) is 0 Å². The largest absolute Gasteiger partial charge is 0.328 e. The number of hydrogen-bond acceptors (Lipinski definition) is 2. The topological polar surface area (TPSA) is 37.6 Å².